The Hall–Kier alpha value is -1.48. The molecule has 3 nitrogen and oxygen atoms in total. The molecule has 98 valence electrons. The second-order valence-corrected chi connectivity index (χ2v) is 4.67. The number of aryl methyl sites for hydroxylation is 1. The maximum Gasteiger partial charge on any atom is 0.143 e. The van der Waals surface area contributed by atoms with E-state index in [9.17, 15) is 0 Å². The number of para-hydroxylation sites is 1. The maximum absolute atomic E-state index is 5.48. The minimum absolute atomic E-state index is 0.477. The number of hydrogen-bond donors (Lipinski definition) is 1. The van der Waals surface area contributed by atoms with Gasteiger partial charge in [0.1, 0.15) is 5.75 Å². The summed E-state index contributed by atoms with van der Waals surface area (Å²) in [7, 11) is 3.74. The van der Waals surface area contributed by atoms with Gasteiger partial charge in [-0.1, -0.05) is 12.1 Å². The van der Waals surface area contributed by atoms with Crippen LogP contribution in [0.2, 0.25) is 0 Å². The SMILES string of the molecule is CCn1c(CC(C)NC)cc2cccc(OC)c21. The van der Waals surface area contributed by atoms with Gasteiger partial charge in [0.15, 0.2) is 0 Å². The summed E-state index contributed by atoms with van der Waals surface area (Å²) in [5.74, 6) is 0.956. The van der Waals surface area contributed by atoms with Crippen molar-refractivity contribution >= 4 is 10.9 Å². The van der Waals surface area contributed by atoms with Crippen molar-refractivity contribution in [2.45, 2.75) is 32.9 Å². The number of likely N-dealkylation sites (N-methyl/N-ethyl adjacent to an activating group) is 1. The number of rotatable bonds is 5. The van der Waals surface area contributed by atoms with Crippen molar-refractivity contribution in [3.8, 4) is 5.75 Å². The van der Waals surface area contributed by atoms with E-state index in [4.69, 9.17) is 4.74 Å². The quantitative estimate of drug-likeness (QED) is 0.878. The van der Waals surface area contributed by atoms with Gasteiger partial charge in [0.05, 0.1) is 12.6 Å². The third-order valence-electron chi connectivity index (χ3n) is 3.51. The van der Waals surface area contributed by atoms with Crippen LogP contribution in [0.15, 0.2) is 24.3 Å². The van der Waals surface area contributed by atoms with Crippen LogP contribution < -0.4 is 10.1 Å². The molecule has 3 heteroatoms. The first-order valence-corrected chi connectivity index (χ1v) is 6.53. The molecule has 0 radical (unpaired) electrons. The van der Waals surface area contributed by atoms with E-state index >= 15 is 0 Å². The molecule has 2 rings (SSSR count). The molecule has 2 aromatic rings. The molecule has 18 heavy (non-hydrogen) atoms. The molecule has 0 fully saturated rings. The van der Waals surface area contributed by atoms with Crippen molar-refractivity contribution in [2.75, 3.05) is 14.2 Å². The third-order valence-corrected chi connectivity index (χ3v) is 3.51. The van der Waals surface area contributed by atoms with E-state index < -0.39 is 0 Å². The van der Waals surface area contributed by atoms with Crippen LogP contribution in [0.3, 0.4) is 0 Å². The van der Waals surface area contributed by atoms with Crippen LogP contribution in [0.4, 0.5) is 0 Å². The van der Waals surface area contributed by atoms with Gasteiger partial charge in [-0.05, 0) is 33.0 Å². The predicted molar refractivity (Wildman–Crippen MR) is 76.4 cm³/mol. The van der Waals surface area contributed by atoms with Crippen molar-refractivity contribution in [3.63, 3.8) is 0 Å². The Kier molecular flexibility index (Phi) is 3.92. The van der Waals surface area contributed by atoms with Gasteiger partial charge in [0.2, 0.25) is 0 Å². The first-order valence-electron chi connectivity index (χ1n) is 6.53. The van der Waals surface area contributed by atoms with E-state index in [2.05, 4.69) is 35.9 Å². The van der Waals surface area contributed by atoms with E-state index in [-0.39, 0.29) is 0 Å². The van der Waals surface area contributed by atoms with Crippen LogP contribution in [0, 0.1) is 0 Å². The third kappa shape index (κ3) is 2.23. The standard InChI is InChI=1S/C15H22N2O/c1-5-17-13(9-11(2)16-3)10-12-7-6-8-14(18-4)15(12)17/h6-8,10-11,16H,5,9H2,1-4H3. The molecular weight excluding hydrogens is 224 g/mol. The van der Waals surface area contributed by atoms with Crippen LogP contribution in [0.25, 0.3) is 10.9 Å². The zero-order valence-electron chi connectivity index (χ0n) is 11.7. The number of benzene rings is 1. The molecule has 0 saturated carbocycles. The van der Waals surface area contributed by atoms with Gasteiger partial charge >= 0.3 is 0 Å². The fraction of sp³-hybridized carbons (Fsp3) is 0.467. The lowest BCUT2D eigenvalue weighted by Gasteiger charge is -2.13. The Balaban J connectivity index is 2.54. The second-order valence-electron chi connectivity index (χ2n) is 4.67. The van der Waals surface area contributed by atoms with Gasteiger partial charge in [-0.3, -0.25) is 0 Å². The summed E-state index contributed by atoms with van der Waals surface area (Å²) in [6, 6.07) is 8.98. The van der Waals surface area contributed by atoms with Crippen LogP contribution in [-0.2, 0) is 13.0 Å². The van der Waals surface area contributed by atoms with Crippen LogP contribution in [-0.4, -0.2) is 24.8 Å². The Morgan fingerprint density at radius 1 is 1.39 bits per heavy atom. The topological polar surface area (TPSA) is 26.2 Å². The highest BCUT2D eigenvalue weighted by Gasteiger charge is 2.13. The number of methoxy groups -OCH3 is 1. The number of hydrogen-bond acceptors (Lipinski definition) is 2. The average molecular weight is 246 g/mol. The highest BCUT2D eigenvalue weighted by molar-refractivity contribution is 5.87. The van der Waals surface area contributed by atoms with E-state index in [1.165, 1.54) is 16.6 Å². The van der Waals surface area contributed by atoms with Gasteiger partial charge in [-0.15, -0.1) is 0 Å². The Labute approximate surface area is 109 Å². The summed E-state index contributed by atoms with van der Waals surface area (Å²) >= 11 is 0. The molecule has 1 unspecified atom stereocenters. The molecule has 1 heterocycles. The van der Waals surface area contributed by atoms with Crippen LogP contribution in [0.1, 0.15) is 19.5 Å². The maximum atomic E-state index is 5.48. The first kappa shape index (κ1) is 13.0. The predicted octanol–water partition coefficient (Wildman–Crippen LogP) is 2.82. The summed E-state index contributed by atoms with van der Waals surface area (Å²) in [5.41, 5.74) is 2.57. The zero-order valence-corrected chi connectivity index (χ0v) is 11.7. The molecule has 0 spiro atoms. The van der Waals surface area contributed by atoms with Crippen molar-refractivity contribution in [3.05, 3.63) is 30.0 Å². The van der Waals surface area contributed by atoms with Crippen molar-refractivity contribution in [2.24, 2.45) is 0 Å². The minimum Gasteiger partial charge on any atom is -0.495 e. The highest BCUT2D eigenvalue weighted by atomic mass is 16.5. The first-order chi connectivity index (χ1) is 8.71. The molecule has 0 aliphatic carbocycles. The van der Waals surface area contributed by atoms with Crippen molar-refractivity contribution < 1.29 is 4.74 Å². The number of ether oxygens (including phenoxy) is 1. The molecule has 1 aromatic heterocycles. The summed E-state index contributed by atoms with van der Waals surface area (Å²) in [4.78, 5) is 0. The summed E-state index contributed by atoms with van der Waals surface area (Å²) in [6.45, 7) is 5.35. The zero-order chi connectivity index (χ0) is 13.1. The Bertz CT molecular complexity index is 531. The summed E-state index contributed by atoms with van der Waals surface area (Å²) < 4.78 is 7.83. The minimum atomic E-state index is 0.477. The highest BCUT2D eigenvalue weighted by Crippen LogP contribution is 2.29. The summed E-state index contributed by atoms with van der Waals surface area (Å²) in [6.07, 6.45) is 1.03. The van der Waals surface area contributed by atoms with Crippen LogP contribution in [0.5, 0.6) is 5.75 Å². The Morgan fingerprint density at radius 3 is 2.78 bits per heavy atom. The lowest BCUT2D eigenvalue weighted by molar-refractivity contribution is 0.417. The molecule has 1 N–H and O–H groups in total. The molecular formula is C15H22N2O. The van der Waals surface area contributed by atoms with E-state index in [0.717, 1.165) is 18.7 Å². The van der Waals surface area contributed by atoms with Gasteiger partial charge in [-0.2, -0.15) is 0 Å². The number of aromatic nitrogens is 1. The molecule has 1 aromatic carbocycles. The van der Waals surface area contributed by atoms with Gasteiger partial charge in [0.25, 0.3) is 0 Å². The second kappa shape index (κ2) is 5.44. The van der Waals surface area contributed by atoms with Gasteiger partial charge < -0.3 is 14.6 Å². The number of nitrogens with zero attached hydrogens (tertiary/aromatic N) is 1. The molecule has 0 aliphatic heterocycles. The fourth-order valence-corrected chi connectivity index (χ4v) is 2.46. The number of nitrogens with one attached hydrogen (secondary N) is 1. The average Bonchev–Trinajstić information content (AvgIpc) is 2.75. The number of fused-ring (bicyclic) bond motifs is 1. The smallest absolute Gasteiger partial charge is 0.143 e. The Morgan fingerprint density at radius 2 is 2.17 bits per heavy atom. The monoisotopic (exact) mass is 246 g/mol. The van der Waals surface area contributed by atoms with E-state index in [1.807, 2.05) is 19.2 Å². The van der Waals surface area contributed by atoms with Gasteiger partial charge in [0, 0.05) is 30.1 Å². The lowest BCUT2D eigenvalue weighted by Crippen LogP contribution is -2.24. The molecule has 0 amide bonds. The summed E-state index contributed by atoms with van der Waals surface area (Å²) in [5, 5.41) is 4.55. The molecule has 1 atom stereocenters. The van der Waals surface area contributed by atoms with Crippen molar-refractivity contribution in [1.82, 2.24) is 9.88 Å². The fourth-order valence-electron chi connectivity index (χ4n) is 2.46. The molecule has 0 bridgehead atoms. The van der Waals surface area contributed by atoms with Crippen molar-refractivity contribution in [1.29, 1.82) is 0 Å². The van der Waals surface area contributed by atoms with E-state index in [1.54, 1.807) is 7.11 Å². The largest absolute Gasteiger partial charge is 0.495 e. The molecule has 0 aliphatic rings. The van der Waals surface area contributed by atoms with Gasteiger partial charge in [-0.25, -0.2) is 0 Å². The normalized spacial score (nSPS) is 12.9. The lowest BCUT2D eigenvalue weighted by atomic mass is 10.2. The van der Waals surface area contributed by atoms with Crippen LogP contribution >= 0.6 is 0 Å². The van der Waals surface area contributed by atoms with E-state index in [0.29, 0.717) is 6.04 Å². The molecule has 0 saturated heterocycles.